The van der Waals surface area contributed by atoms with E-state index in [2.05, 4.69) is 19.2 Å². The molecule has 7 nitrogen and oxygen atoms in total. The van der Waals surface area contributed by atoms with Crippen molar-refractivity contribution in [2.75, 3.05) is 66.5 Å². The predicted octanol–water partition coefficient (Wildman–Crippen LogP) is 8.81. The number of unbranched alkanes of at least 4 members (excludes halogenated alkanes) is 18. The molecule has 258 valence electrons. The summed E-state index contributed by atoms with van der Waals surface area (Å²) in [4.78, 5) is 12.1. The molecule has 0 aromatic rings. The van der Waals surface area contributed by atoms with E-state index in [1.807, 2.05) is 0 Å². The van der Waals surface area contributed by atoms with Gasteiger partial charge in [0.2, 0.25) is 5.91 Å². The van der Waals surface area contributed by atoms with Gasteiger partial charge in [-0.05, 0) is 19.3 Å². The molecular formula is C36H73NO6. The monoisotopic (exact) mass is 616 g/mol. The summed E-state index contributed by atoms with van der Waals surface area (Å²) in [6, 6.07) is 0. The molecule has 1 amide bonds. The average Bonchev–Trinajstić information content (AvgIpc) is 3.01. The van der Waals surface area contributed by atoms with Gasteiger partial charge in [-0.15, -0.1) is 0 Å². The highest BCUT2D eigenvalue weighted by atomic mass is 16.6. The molecule has 0 bridgehead atoms. The molecule has 7 heteroatoms. The van der Waals surface area contributed by atoms with Crippen molar-refractivity contribution in [2.45, 2.75) is 161 Å². The number of methoxy groups -OCH3 is 1. The topological polar surface area (TPSA) is 75.3 Å². The first-order valence-corrected chi connectivity index (χ1v) is 18.3. The number of carbonyl (C=O) groups excluding carboxylic acids is 1. The summed E-state index contributed by atoms with van der Waals surface area (Å²) in [6.07, 6.45) is 27.5. The number of amides is 1. The molecule has 0 heterocycles. The quantitative estimate of drug-likeness (QED) is 0.0704. The Hall–Kier alpha value is -0.730. The number of hydrogen-bond donors (Lipinski definition) is 1. The fraction of sp³-hybridized carbons (Fsp3) is 0.972. The highest BCUT2D eigenvalue weighted by Gasteiger charge is 2.11. The van der Waals surface area contributed by atoms with E-state index >= 15 is 0 Å². The lowest BCUT2D eigenvalue weighted by atomic mass is 10.1. The average molecular weight is 616 g/mol. The van der Waals surface area contributed by atoms with E-state index in [9.17, 15) is 4.79 Å². The molecule has 0 fully saturated rings. The lowest BCUT2D eigenvalue weighted by Gasteiger charge is -2.18. The number of hydrogen-bond acceptors (Lipinski definition) is 6. The minimum absolute atomic E-state index is 0.0110. The molecule has 43 heavy (non-hydrogen) atoms. The van der Waals surface area contributed by atoms with E-state index in [0.29, 0.717) is 52.6 Å². The van der Waals surface area contributed by atoms with Gasteiger partial charge in [-0.25, -0.2) is 0 Å². The maximum Gasteiger partial charge on any atom is 0.222 e. The van der Waals surface area contributed by atoms with Crippen LogP contribution in [0.15, 0.2) is 0 Å². The SMILES string of the molecule is CCCCCCCCCCCCOCC(COCCC(=O)NCCCOCCOC)OCCCCCCCCCCCC. The molecule has 0 radical (unpaired) electrons. The van der Waals surface area contributed by atoms with Crippen LogP contribution < -0.4 is 5.32 Å². The second-order valence-corrected chi connectivity index (χ2v) is 12.1. The van der Waals surface area contributed by atoms with Crippen molar-refractivity contribution < 1.29 is 28.5 Å². The van der Waals surface area contributed by atoms with Crippen LogP contribution in [-0.2, 0) is 28.5 Å². The van der Waals surface area contributed by atoms with Gasteiger partial charge in [0, 0.05) is 39.9 Å². The zero-order chi connectivity index (χ0) is 31.3. The first-order chi connectivity index (χ1) is 21.2. The molecule has 1 N–H and O–H groups in total. The van der Waals surface area contributed by atoms with Crippen molar-refractivity contribution in [2.24, 2.45) is 0 Å². The van der Waals surface area contributed by atoms with Gasteiger partial charge in [-0.2, -0.15) is 0 Å². The van der Waals surface area contributed by atoms with E-state index in [-0.39, 0.29) is 12.0 Å². The minimum Gasteiger partial charge on any atom is -0.382 e. The highest BCUT2D eigenvalue weighted by Crippen LogP contribution is 2.12. The fourth-order valence-electron chi connectivity index (χ4n) is 5.00. The number of nitrogens with one attached hydrogen (secondary N) is 1. The lowest BCUT2D eigenvalue weighted by molar-refractivity contribution is -0.123. The van der Waals surface area contributed by atoms with Crippen LogP contribution in [0.4, 0.5) is 0 Å². The van der Waals surface area contributed by atoms with Crippen LogP contribution in [0.5, 0.6) is 0 Å². The van der Waals surface area contributed by atoms with Gasteiger partial charge in [0.25, 0.3) is 0 Å². The van der Waals surface area contributed by atoms with E-state index in [4.69, 9.17) is 23.7 Å². The third-order valence-corrected chi connectivity index (χ3v) is 7.79. The molecule has 0 aliphatic carbocycles. The first kappa shape index (κ1) is 42.3. The van der Waals surface area contributed by atoms with Crippen molar-refractivity contribution in [3.8, 4) is 0 Å². The Morgan fingerprint density at radius 1 is 0.512 bits per heavy atom. The third-order valence-electron chi connectivity index (χ3n) is 7.79. The summed E-state index contributed by atoms with van der Waals surface area (Å²) >= 11 is 0. The van der Waals surface area contributed by atoms with Gasteiger partial charge in [-0.1, -0.05) is 129 Å². The minimum atomic E-state index is -0.0750. The van der Waals surface area contributed by atoms with Gasteiger partial charge in [0.1, 0.15) is 6.10 Å². The summed E-state index contributed by atoms with van der Waals surface area (Å²) in [6.45, 7) is 9.92. The summed E-state index contributed by atoms with van der Waals surface area (Å²) in [5.41, 5.74) is 0. The molecule has 1 atom stereocenters. The van der Waals surface area contributed by atoms with Crippen LogP contribution in [0.2, 0.25) is 0 Å². The number of carbonyl (C=O) groups is 1. The molecule has 0 rings (SSSR count). The Morgan fingerprint density at radius 3 is 1.51 bits per heavy atom. The van der Waals surface area contributed by atoms with Crippen LogP contribution in [0, 0.1) is 0 Å². The standard InChI is InChI=1S/C36H73NO6/c1-4-6-8-10-12-14-16-18-20-22-27-41-33-35(43-29-23-21-19-17-15-13-11-9-7-5-2)34-42-30-25-36(38)37-26-24-28-40-32-31-39-3/h35H,4-34H2,1-3H3,(H,37,38). The first-order valence-electron chi connectivity index (χ1n) is 18.3. The van der Waals surface area contributed by atoms with Gasteiger partial charge in [-0.3, -0.25) is 4.79 Å². The van der Waals surface area contributed by atoms with E-state index in [1.165, 1.54) is 116 Å². The van der Waals surface area contributed by atoms with E-state index in [0.717, 1.165) is 32.5 Å². The summed E-state index contributed by atoms with van der Waals surface area (Å²) in [7, 11) is 1.66. The molecule has 0 aliphatic heterocycles. The smallest absolute Gasteiger partial charge is 0.222 e. The Morgan fingerprint density at radius 2 is 0.977 bits per heavy atom. The Labute approximate surface area is 267 Å². The van der Waals surface area contributed by atoms with Gasteiger partial charge >= 0.3 is 0 Å². The van der Waals surface area contributed by atoms with E-state index < -0.39 is 0 Å². The van der Waals surface area contributed by atoms with Crippen LogP contribution in [0.25, 0.3) is 0 Å². The normalized spacial score (nSPS) is 12.2. The maximum atomic E-state index is 12.1. The molecular weight excluding hydrogens is 542 g/mol. The van der Waals surface area contributed by atoms with Crippen LogP contribution in [0.3, 0.4) is 0 Å². The van der Waals surface area contributed by atoms with Crippen molar-refractivity contribution in [3.05, 3.63) is 0 Å². The lowest BCUT2D eigenvalue weighted by Crippen LogP contribution is -2.29. The molecule has 1 unspecified atom stereocenters. The molecule has 0 aliphatic rings. The summed E-state index contributed by atoms with van der Waals surface area (Å²) in [5, 5.41) is 2.93. The zero-order valence-electron chi connectivity index (χ0n) is 28.9. The van der Waals surface area contributed by atoms with Crippen molar-refractivity contribution in [3.63, 3.8) is 0 Å². The number of rotatable bonds is 37. The molecule has 0 aromatic heterocycles. The van der Waals surface area contributed by atoms with Crippen LogP contribution in [-0.4, -0.2) is 78.5 Å². The van der Waals surface area contributed by atoms with Crippen molar-refractivity contribution in [1.29, 1.82) is 0 Å². The van der Waals surface area contributed by atoms with Gasteiger partial charge in [0.05, 0.1) is 33.0 Å². The van der Waals surface area contributed by atoms with Crippen LogP contribution >= 0.6 is 0 Å². The Balaban J connectivity index is 4.02. The zero-order valence-corrected chi connectivity index (χ0v) is 28.9. The Kier molecular flexibility index (Phi) is 36.8. The predicted molar refractivity (Wildman–Crippen MR) is 180 cm³/mol. The molecule has 0 saturated carbocycles. The highest BCUT2D eigenvalue weighted by molar-refractivity contribution is 5.75. The summed E-state index contributed by atoms with van der Waals surface area (Å²) < 4.78 is 28.4. The molecule has 0 saturated heterocycles. The van der Waals surface area contributed by atoms with E-state index in [1.54, 1.807) is 7.11 Å². The van der Waals surface area contributed by atoms with Crippen molar-refractivity contribution in [1.82, 2.24) is 5.32 Å². The maximum absolute atomic E-state index is 12.1. The fourth-order valence-corrected chi connectivity index (χ4v) is 5.00. The summed E-state index contributed by atoms with van der Waals surface area (Å²) in [5.74, 6) is 0.0110. The Bertz CT molecular complexity index is 536. The molecule has 0 spiro atoms. The third kappa shape index (κ3) is 35.6. The van der Waals surface area contributed by atoms with Crippen molar-refractivity contribution >= 4 is 5.91 Å². The largest absolute Gasteiger partial charge is 0.382 e. The second kappa shape index (κ2) is 37.5. The second-order valence-electron chi connectivity index (χ2n) is 12.1. The van der Waals surface area contributed by atoms with Gasteiger partial charge in [0.15, 0.2) is 0 Å². The molecule has 0 aromatic carbocycles. The van der Waals surface area contributed by atoms with Crippen LogP contribution in [0.1, 0.15) is 155 Å². The van der Waals surface area contributed by atoms with Gasteiger partial charge < -0.3 is 29.0 Å². The number of ether oxygens (including phenoxy) is 5.